The van der Waals surface area contributed by atoms with Crippen LogP contribution in [0.2, 0.25) is 0 Å². The molecule has 1 aliphatic heterocycles. The summed E-state index contributed by atoms with van der Waals surface area (Å²) in [5.41, 5.74) is 1.12. The second-order valence-corrected chi connectivity index (χ2v) is 9.93. The van der Waals surface area contributed by atoms with Gasteiger partial charge in [0.1, 0.15) is 0 Å². The van der Waals surface area contributed by atoms with Gasteiger partial charge in [-0.1, -0.05) is 36.4 Å². The highest BCUT2D eigenvalue weighted by Crippen LogP contribution is 2.22. The Labute approximate surface area is 159 Å². The second-order valence-electron chi connectivity index (χ2n) is 6.67. The number of nitrogens with zero attached hydrogens (tertiary/aromatic N) is 1. The predicted molar refractivity (Wildman–Crippen MR) is 105 cm³/mol. The first-order valence-corrected chi connectivity index (χ1v) is 11.5. The lowest BCUT2D eigenvalue weighted by Gasteiger charge is -2.28. The third kappa shape index (κ3) is 4.93. The summed E-state index contributed by atoms with van der Waals surface area (Å²) in [6.07, 6.45) is 0.522. The van der Waals surface area contributed by atoms with E-state index >= 15 is 0 Å². The number of benzene rings is 1. The number of carbonyl (C=O) groups excluding carboxylic acids is 1. The zero-order chi connectivity index (χ0) is 18.6. The van der Waals surface area contributed by atoms with Gasteiger partial charge in [0.2, 0.25) is 5.91 Å². The largest absolute Gasteiger partial charge is 0.332 e. The van der Waals surface area contributed by atoms with Gasteiger partial charge in [-0.15, -0.1) is 11.3 Å². The normalized spacial score (nSPS) is 20.0. The molecule has 1 aromatic heterocycles. The Morgan fingerprint density at radius 3 is 2.65 bits per heavy atom. The van der Waals surface area contributed by atoms with Gasteiger partial charge in [0.15, 0.2) is 9.84 Å². The van der Waals surface area contributed by atoms with Crippen LogP contribution >= 0.6 is 11.3 Å². The van der Waals surface area contributed by atoms with E-state index in [2.05, 4.69) is 5.32 Å². The number of hydrogen-bond donors (Lipinski definition) is 1. The van der Waals surface area contributed by atoms with E-state index in [0.29, 0.717) is 13.0 Å². The van der Waals surface area contributed by atoms with Gasteiger partial charge >= 0.3 is 0 Å². The van der Waals surface area contributed by atoms with Crippen molar-refractivity contribution in [1.29, 1.82) is 0 Å². The molecule has 0 radical (unpaired) electrons. The first-order chi connectivity index (χ1) is 12.4. The predicted octanol–water partition coefficient (Wildman–Crippen LogP) is 2.61. The van der Waals surface area contributed by atoms with E-state index in [1.807, 2.05) is 54.8 Å². The molecule has 5 nitrogen and oxygen atoms in total. The quantitative estimate of drug-likeness (QED) is 0.787. The van der Waals surface area contributed by atoms with Gasteiger partial charge < -0.3 is 10.2 Å². The Hall–Kier alpha value is -1.70. The van der Waals surface area contributed by atoms with Crippen molar-refractivity contribution in [2.75, 3.05) is 18.1 Å². The molecule has 2 atom stereocenters. The number of amides is 1. The van der Waals surface area contributed by atoms with Crippen LogP contribution in [-0.4, -0.2) is 43.3 Å². The van der Waals surface area contributed by atoms with Crippen molar-refractivity contribution >= 4 is 27.1 Å². The number of thiophene rings is 1. The topological polar surface area (TPSA) is 66.5 Å². The highest BCUT2D eigenvalue weighted by Gasteiger charge is 2.34. The lowest BCUT2D eigenvalue weighted by molar-refractivity contribution is -0.132. The molecule has 7 heteroatoms. The molecule has 1 aliphatic rings. The van der Waals surface area contributed by atoms with Crippen molar-refractivity contribution < 1.29 is 13.2 Å². The number of hydrogen-bond acceptors (Lipinski definition) is 5. The van der Waals surface area contributed by atoms with Gasteiger partial charge in [-0.25, -0.2) is 8.42 Å². The van der Waals surface area contributed by atoms with E-state index in [0.717, 1.165) is 10.4 Å². The Morgan fingerprint density at radius 2 is 2.04 bits per heavy atom. The van der Waals surface area contributed by atoms with Crippen molar-refractivity contribution in [1.82, 2.24) is 10.2 Å². The summed E-state index contributed by atoms with van der Waals surface area (Å²) in [7, 11) is -3.04. The summed E-state index contributed by atoms with van der Waals surface area (Å²) in [6, 6.07) is 13.7. The number of carbonyl (C=O) groups is 1. The molecule has 0 bridgehead atoms. The maximum atomic E-state index is 12.9. The van der Waals surface area contributed by atoms with Crippen LogP contribution in [-0.2, 0) is 21.2 Å². The highest BCUT2D eigenvalue weighted by atomic mass is 32.2. The number of sulfone groups is 1. The Bertz CT molecular complexity index is 820. The molecule has 0 saturated carbocycles. The third-order valence-electron chi connectivity index (χ3n) is 4.73. The molecular formula is C19H24N2O3S2. The van der Waals surface area contributed by atoms with Gasteiger partial charge in [0, 0.05) is 17.0 Å². The van der Waals surface area contributed by atoms with Gasteiger partial charge in [0.05, 0.1) is 24.6 Å². The Kier molecular flexibility index (Phi) is 6.11. The molecule has 140 valence electrons. The molecule has 2 aromatic rings. The summed E-state index contributed by atoms with van der Waals surface area (Å²) >= 11 is 1.58. The van der Waals surface area contributed by atoms with Crippen molar-refractivity contribution in [3.63, 3.8) is 0 Å². The minimum absolute atomic E-state index is 0.0519. The fraction of sp³-hybridized carbons (Fsp3) is 0.421. The van der Waals surface area contributed by atoms with Crippen LogP contribution in [0.15, 0.2) is 47.8 Å². The average Bonchev–Trinajstić information content (AvgIpc) is 3.27. The molecule has 0 aliphatic carbocycles. The Balaban J connectivity index is 1.66. The SMILES string of the molecule is CC(NCC(=O)N(Cc1cccs1)C1CCS(=O)(=O)C1)c1ccccc1. The van der Waals surface area contributed by atoms with Gasteiger partial charge in [0.25, 0.3) is 0 Å². The van der Waals surface area contributed by atoms with E-state index < -0.39 is 9.84 Å². The van der Waals surface area contributed by atoms with Crippen LogP contribution in [0, 0.1) is 0 Å². The summed E-state index contributed by atoms with van der Waals surface area (Å²) in [5, 5.41) is 5.24. The fourth-order valence-corrected chi connectivity index (χ4v) is 5.65. The van der Waals surface area contributed by atoms with Gasteiger partial charge in [-0.3, -0.25) is 4.79 Å². The van der Waals surface area contributed by atoms with Crippen LogP contribution in [0.4, 0.5) is 0 Å². The van der Waals surface area contributed by atoms with E-state index in [9.17, 15) is 13.2 Å². The van der Waals surface area contributed by atoms with Crippen molar-refractivity contribution in [2.45, 2.75) is 32.0 Å². The monoisotopic (exact) mass is 392 g/mol. The number of rotatable bonds is 7. The molecule has 26 heavy (non-hydrogen) atoms. The van der Waals surface area contributed by atoms with E-state index in [1.54, 1.807) is 16.2 Å². The summed E-state index contributed by atoms with van der Waals surface area (Å²) in [4.78, 5) is 15.7. The van der Waals surface area contributed by atoms with E-state index in [1.165, 1.54) is 0 Å². The maximum Gasteiger partial charge on any atom is 0.237 e. The molecule has 2 heterocycles. The molecule has 1 aromatic carbocycles. The average molecular weight is 393 g/mol. The molecule has 3 rings (SSSR count). The molecule has 1 fully saturated rings. The zero-order valence-electron chi connectivity index (χ0n) is 14.8. The minimum atomic E-state index is -3.04. The Morgan fingerprint density at radius 1 is 1.27 bits per heavy atom. The molecule has 1 N–H and O–H groups in total. The molecule has 1 saturated heterocycles. The lowest BCUT2D eigenvalue weighted by Crippen LogP contribution is -2.45. The maximum absolute atomic E-state index is 12.9. The van der Waals surface area contributed by atoms with Crippen LogP contribution in [0.1, 0.15) is 29.8 Å². The van der Waals surface area contributed by atoms with Crippen LogP contribution in [0.3, 0.4) is 0 Å². The standard InChI is InChI=1S/C19H24N2O3S2/c1-15(16-6-3-2-4-7-16)20-12-19(22)21(13-18-8-5-10-25-18)17-9-11-26(23,24)14-17/h2-8,10,15,17,20H,9,11-14H2,1H3. The molecular weight excluding hydrogens is 368 g/mol. The first kappa shape index (κ1) is 19.1. The van der Waals surface area contributed by atoms with Crippen LogP contribution < -0.4 is 5.32 Å². The summed E-state index contributed by atoms with van der Waals surface area (Å²) in [6.45, 7) is 2.68. The third-order valence-corrected chi connectivity index (χ3v) is 7.35. The van der Waals surface area contributed by atoms with Crippen molar-refractivity contribution in [3.05, 3.63) is 58.3 Å². The van der Waals surface area contributed by atoms with Gasteiger partial charge in [-0.05, 0) is 30.4 Å². The van der Waals surface area contributed by atoms with Crippen molar-refractivity contribution in [3.8, 4) is 0 Å². The van der Waals surface area contributed by atoms with Crippen LogP contribution in [0.25, 0.3) is 0 Å². The highest BCUT2D eigenvalue weighted by molar-refractivity contribution is 7.91. The van der Waals surface area contributed by atoms with E-state index in [4.69, 9.17) is 0 Å². The first-order valence-electron chi connectivity index (χ1n) is 8.75. The molecule has 0 spiro atoms. The van der Waals surface area contributed by atoms with E-state index in [-0.39, 0.29) is 36.0 Å². The molecule has 1 amide bonds. The van der Waals surface area contributed by atoms with Crippen LogP contribution in [0.5, 0.6) is 0 Å². The second kappa shape index (κ2) is 8.33. The fourth-order valence-electron chi connectivity index (χ4n) is 3.21. The minimum Gasteiger partial charge on any atom is -0.332 e. The van der Waals surface area contributed by atoms with Gasteiger partial charge in [-0.2, -0.15) is 0 Å². The summed E-state index contributed by atoms with van der Waals surface area (Å²) in [5.74, 6) is 0.182. The molecule has 2 unspecified atom stereocenters. The van der Waals surface area contributed by atoms with Crippen molar-refractivity contribution in [2.24, 2.45) is 0 Å². The number of nitrogens with one attached hydrogen (secondary N) is 1. The summed E-state index contributed by atoms with van der Waals surface area (Å²) < 4.78 is 23.7. The lowest BCUT2D eigenvalue weighted by atomic mass is 10.1. The zero-order valence-corrected chi connectivity index (χ0v) is 16.4. The smallest absolute Gasteiger partial charge is 0.237 e.